The first-order valence-corrected chi connectivity index (χ1v) is 9.81. The van der Waals surface area contributed by atoms with E-state index in [1.807, 2.05) is 0 Å². The minimum atomic E-state index is -0.468. The molecule has 1 fully saturated rings. The van der Waals surface area contributed by atoms with E-state index in [4.69, 9.17) is 21.1 Å². The molecule has 2 aromatic rings. The van der Waals surface area contributed by atoms with E-state index in [1.54, 1.807) is 25.1 Å². The first-order chi connectivity index (χ1) is 13.0. The summed E-state index contributed by atoms with van der Waals surface area (Å²) in [6.07, 6.45) is 1.91. The number of rotatable bonds is 7. The van der Waals surface area contributed by atoms with Gasteiger partial charge in [0.25, 0.3) is 0 Å². The Bertz CT molecular complexity index is 863. The van der Waals surface area contributed by atoms with Crippen LogP contribution in [0.1, 0.15) is 19.8 Å². The molecule has 1 aliphatic heterocycles. The van der Waals surface area contributed by atoms with Crippen molar-refractivity contribution in [2.45, 2.75) is 42.8 Å². The zero-order chi connectivity index (χ0) is 19.4. The smallest absolute Gasteiger partial charge is 0.344 e. The van der Waals surface area contributed by atoms with Gasteiger partial charge in [-0.15, -0.1) is 5.10 Å². The number of nitrogens with one attached hydrogen (secondary N) is 2. The van der Waals surface area contributed by atoms with Gasteiger partial charge in [0.15, 0.2) is 5.16 Å². The molecule has 8 nitrogen and oxygen atoms in total. The molecule has 0 spiro atoms. The van der Waals surface area contributed by atoms with Crippen LogP contribution >= 0.6 is 23.4 Å². The van der Waals surface area contributed by atoms with E-state index >= 15 is 0 Å². The topological polar surface area (TPSA) is 98.2 Å². The van der Waals surface area contributed by atoms with Gasteiger partial charge >= 0.3 is 5.69 Å². The van der Waals surface area contributed by atoms with Crippen molar-refractivity contribution in [3.63, 3.8) is 0 Å². The van der Waals surface area contributed by atoms with Crippen molar-refractivity contribution >= 4 is 35.0 Å². The highest BCUT2D eigenvalue weighted by Crippen LogP contribution is 2.28. The molecule has 2 heterocycles. The Balaban J connectivity index is 1.64. The van der Waals surface area contributed by atoms with Crippen LogP contribution in [0.15, 0.2) is 28.2 Å². The van der Waals surface area contributed by atoms with Crippen molar-refractivity contribution in [1.29, 1.82) is 0 Å². The predicted molar refractivity (Wildman–Crippen MR) is 104 cm³/mol. The van der Waals surface area contributed by atoms with E-state index in [9.17, 15) is 9.59 Å². The number of nitrogens with zero attached hydrogens (tertiary/aromatic N) is 2. The highest BCUT2D eigenvalue weighted by molar-refractivity contribution is 8.00. The number of methoxy groups -OCH3 is 1. The molecule has 0 aliphatic carbocycles. The van der Waals surface area contributed by atoms with Crippen LogP contribution in [-0.2, 0) is 16.1 Å². The highest BCUT2D eigenvalue weighted by Gasteiger charge is 2.23. The third-order valence-electron chi connectivity index (χ3n) is 4.20. The molecule has 10 heteroatoms. The van der Waals surface area contributed by atoms with Crippen LogP contribution in [0.4, 0.5) is 5.69 Å². The number of amides is 1. The Morgan fingerprint density at radius 1 is 1.59 bits per heavy atom. The van der Waals surface area contributed by atoms with Gasteiger partial charge in [-0.2, -0.15) is 0 Å². The molecule has 146 valence electrons. The molecule has 1 amide bonds. The number of H-pyrrole nitrogens is 1. The van der Waals surface area contributed by atoms with Gasteiger partial charge in [-0.3, -0.25) is 9.36 Å². The van der Waals surface area contributed by atoms with Crippen LogP contribution in [0.3, 0.4) is 0 Å². The van der Waals surface area contributed by atoms with Crippen LogP contribution < -0.4 is 15.7 Å². The quantitative estimate of drug-likeness (QED) is 0.678. The molecule has 1 aromatic carbocycles. The monoisotopic (exact) mass is 412 g/mol. The van der Waals surface area contributed by atoms with Crippen molar-refractivity contribution in [3.8, 4) is 5.75 Å². The summed E-state index contributed by atoms with van der Waals surface area (Å²) in [5.41, 5.74) is 0.263. The van der Waals surface area contributed by atoms with E-state index in [1.165, 1.54) is 23.4 Å². The molecule has 3 rings (SSSR count). The second kappa shape index (κ2) is 8.81. The van der Waals surface area contributed by atoms with Gasteiger partial charge in [0.05, 0.1) is 30.0 Å². The first-order valence-electron chi connectivity index (χ1n) is 8.56. The zero-order valence-electron chi connectivity index (χ0n) is 15.0. The number of carbonyl (C=O) groups is 1. The van der Waals surface area contributed by atoms with Crippen LogP contribution in [-0.4, -0.2) is 45.7 Å². The summed E-state index contributed by atoms with van der Waals surface area (Å²) in [6, 6.07) is 5.02. The number of hydrogen-bond donors (Lipinski definition) is 2. The summed E-state index contributed by atoms with van der Waals surface area (Å²) < 4.78 is 12.2. The molecule has 2 unspecified atom stereocenters. The van der Waals surface area contributed by atoms with Crippen molar-refractivity contribution in [2.24, 2.45) is 0 Å². The molecule has 2 N–H and O–H groups in total. The molecule has 27 heavy (non-hydrogen) atoms. The number of aromatic amines is 1. The Morgan fingerprint density at radius 3 is 3.07 bits per heavy atom. The first kappa shape index (κ1) is 19.8. The van der Waals surface area contributed by atoms with Crippen LogP contribution in [0.25, 0.3) is 0 Å². The lowest BCUT2D eigenvalue weighted by Crippen LogP contribution is -2.26. The fourth-order valence-corrected chi connectivity index (χ4v) is 3.87. The SMILES string of the molecule is COc1ccc(NC(=O)C(C)Sc2n[nH]c(=O)n2CC2CCCO2)cc1Cl. The maximum absolute atomic E-state index is 12.5. The lowest BCUT2D eigenvalue weighted by atomic mass is 10.2. The van der Waals surface area contributed by atoms with Gasteiger partial charge in [-0.1, -0.05) is 23.4 Å². The average molecular weight is 413 g/mol. The number of aromatic nitrogens is 3. The summed E-state index contributed by atoms with van der Waals surface area (Å²) >= 11 is 7.29. The second-order valence-electron chi connectivity index (χ2n) is 6.16. The van der Waals surface area contributed by atoms with E-state index < -0.39 is 5.25 Å². The van der Waals surface area contributed by atoms with Gasteiger partial charge in [-0.25, -0.2) is 9.89 Å². The molecule has 1 aliphatic rings. The van der Waals surface area contributed by atoms with Gasteiger partial charge < -0.3 is 14.8 Å². The number of ether oxygens (including phenoxy) is 2. The van der Waals surface area contributed by atoms with Crippen LogP contribution in [0.2, 0.25) is 5.02 Å². The molecule has 0 bridgehead atoms. The van der Waals surface area contributed by atoms with Gasteiger partial charge in [0, 0.05) is 12.3 Å². The Morgan fingerprint density at radius 2 is 2.41 bits per heavy atom. The summed E-state index contributed by atoms with van der Waals surface area (Å²) in [4.78, 5) is 24.5. The number of hydrogen-bond acceptors (Lipinski definition) is 6. The van der Waals surface area contributed by atoms with Crippen LogP contribution in [0, 0.1) is 0 Å². The minimum Gasteiger partial charge on any atom is -0.495 e. The normalized spacial score (nSPS) is 17.7. The second-order valence-corrected chi connectivity index (χ2v) is 7.87. The standard InChI is InChI=1S/C17H21ClN4O4S/c1-10(15(23)19-11-5-6-14(25-2)13(18)8-11)27-17-21-20-16(24)22(17)9-12-4-3-7-26-12/h5-6,8,10,12H,3-4,7,9H2,1-2H3,(H,19,23)(H,20,24). The van der Waals surface area contributed by atoms with Gasteiger partial charge in [-0.05, 0) is 38.0 Å². The van der Waals surface area contributed by atoms with Gasteiger partial charge in [0.2, 0.25) is 5.91 Å². The van der Waals surface area contributed by atoms with Crippen molar-refractivity contribution in [3.05, 3.63) is 33.7 Å². The maximum atomic E-state index is 12.5. The summed E-state index contributed by atoms with van der Waals surface area (Å²) in [6.45, 7) is 2.89. The summed E-state index contributed by atoms with van der Waals surface area (Å²) in [5, 5.41) is 9.69. The predicted octanol–water partition coefficient (Wildman–Crippen LogP) is 2.53. The third-order valence-corrected chi connectivity index (χ3v) is 5.59. The van der Waals surface area contributed by atoms with Crippen LogP contribution in [0.5, 0.6) is 5.75 Å². The fourth-order valence-electron chi connectivity index (χ4n) is 2.75. The third kappa shape index (κ3) is 4.85. The molecule has 1 aromatic heterocycles. The van der Waals surface area contributed by atoms with Gasteiger partial charge in [0.1, 0.15) is 5.75 Å². The molecule has 0 radical (unpaired) electrons. The van der Waals surface area contributed by atoms with E-state index in [0.29, 0.717) is 34.8 Å². The Hall–Kier alpha value is -1.97. The van der Waals surface area contributed by atoms with E-state index in [0.717, 1.165) is 12.8 Å². The zero-order valence-corrected chi connectivity index (χ0v) is 16.6. The molecular formula is C17H21ClN4O4S. The average Bonchev–Trinajstić information content (AvgIpc) is 3.27. The largest absolute Gasteiger partial charge is 0.495 e. The molecule has 2 atom stereocenters. The van der Waals surface area contributed by atoms with Crippen molar-refractivity contribution in [2.75, 3.05) is 19.0 Å². The summed E-state index contributed by atoms with van der Waals surface area (Å²) in [7, 11) is 1.53. The highest BCUT2D eigenvalue weighted by atomic mass is 35.5. The fraction of sp³-hybridized carbons (Fsp3) is 0.471. The van der Waals surface area contributed by atoms with Crippen molar-refractivity contribution < 1.29 is 14.3 Å². The number of halogens is 1. The Labute approximate surface area is 165 Å². The Kier molecular flexibility index (Phi) is 6.46. The minimum absolute atomic E-state index is 0.00484. The lowest BCUT2D eigenvalue weighted by Gasteiger charge is -2.14. The molecule has 1 saturated heterocycles. The molecule has 0 saturated carbocycles. The van der Waals surface area contributed by atoms with E-state index in [-0.39, 0.29) is 17.7 Å². The lowest BCUT2D eigenvalue weighted by molar-refractivity contribution is -0.115. The number of anilines is 1. The van der Waals surface area contributed by atoms with E-state index in [2.05, 4.69) is 15.5 Å². The number of benzene rings is 1. The van der Waals surface area contributed by atoms with Crippen molar-refractivity contribution in [1.82, 2.24) is 14.8 Å². The summed E-state index contributed by atoms with van der Waals surface area (Å²) in [5.74, 6) is 0.312. The molecular weight excluding hydrogens is 392 g/mol. The number of carbonyl (C=O) groups excluding carboxylic acids is 1. The maximum Gasteiger partial charge on any atom is 0.344 e. The number of thioether (sulfide) groups is 1.